The summed E-state index contributed by atoms with van der Waals surface area (Å²) in [6, 6.07) is 8.06. The van der Waals surface area contributed by atoms with Gasteiger partial charge in [0.05, 0.1) is 5.97 Å². The van der Waals surface area contributed by atoms with Gasteiger partial charge in [-0.3, -0.25) is 0 Å². The van der Waals surface area contributed by atoms with Crippen LogP contribution < -0.4 is 5.11 Å². The van der Waals surface area contributed by atoms with Gasteiger partial charge in [-0.1, -0.05) is 30.3 Å². The van der Waals surface area contributed by atoms with Gasteiger partial charge in [-0.2, -0.15) is 0 Å². The summed E-state index contributed by atoms with van der Waals surface area (Å²) in [5, 5.41) is 10.1. The average Bonchev–Trinajstić information content (AvgIpc) is 1.90. The fourth-order valence-electron chi connectivity index (χ4n) is 0.574. The van der Waals surface area contributed by atoms with Crippen molar-refractivity contribution in [2.45, 2.75) is 0 Å². The molecule has 63 valence electrons. The second kappa shape index (κ2) is 5.92. The Kier molecular flexibility index (Phi) is 6.89. The molecule has 0 aromatic heterocycles. The summed E-state index contributed by atoms with van der Waals surface area (Å²) in [6.07, 6.45) is 0. The van der Waals surface area contributed by atoms with Crippen LogP contribution in [0.2, 0.25) is 0 Å². The maximum absolute atomic E-state index is 10.1. The van der Waals surface area contributed by atoms with Crippen LogP contribution in [0.25, 0.3) is 0 Å². The molecule has 3 nitrogen and oxygen atoms in total. The van der Waals surface area contributed by atoms with E-state index in [2.05, 4.69) is 0 Å². The van der Waals surface area contributed by atoms with Gasteiger partial charge in [-0.05, 0) is 5.56 Å². The molecule has 0 fully saturated rings. The smallest absolute Gasteiger partial charge is 0.870 e. The summed E-state index contributed by atoms with van der Waals surface area (Å²) >= 11 is 0. The Hall–Kier alpha value is -0.831. The first-order chi connectivity index (χ1) is 4.30. The summed E-state index contributed by atoms with van der Waals surface area (Å²) in [4.78, 5) is 10.1. The first-order valence-corrected chi connectivity index (χ1v) is 2.57. The summed E-state index contributed by atoms with van der Waals surface area (Å²) in [7, 11) is 0. The number of carbonyl (C=O) groups excluding carboxylic acids is 1. The van der Waals surface area contributed by atoms with E-state index in [0.29, 0.717) is 0 Å². The largest absolute Gasteiger partial charge is 2.00 e. The normalized spacial score (nSPS) is 7.27. The van der Waals surface area contributed by atoms with Crippen molar-refractivity contribution < 1.29 is 32.4 Å². The Morgan fingerprint density at radius 1 is 1.18 bits per heavy atom. The van der Waals surface area contributed by atoms with Gasteiger partial charge in [0.25, 0.3) is 0 Å². The number of hydrogen-bond donors (Lipinski definition) is 0. The number of carboxylic acid groups (broad SMARTS) is 1. The van der Waals surface area contributed by atoms with Gasteiger partial charge in [-0.25, -0.2) is 0 Å². The third kappa shape index (κ3) is 3.78. The van der Waals surface area contributed by atoms with E-state index in [9.17, 15) is 9.90 Å². The molecule has 1 N–H and O–H groups in total. The second-order valence-electron chi connectivity index (χ2n) is 1.65. The van der Waals surface area contributed by atoms with Gasteiger partial charge in [0, 0.05) is 0 Å². The molecule has 0 heterocycles. The van der Waals surface area contributed by atoms with Crippen molar-refractivity contribution in [1.82, 2.24) is 0 Å². The van der Waals surface area contributed by atoms with Crippen molar-refractivity contribution in [2.75, 3.05) is 0 Å². The first kappa shape index (κ1) is 12.8. The van der Waals surface area contributed by atoms with Gasteiger partial charge in [0.1, 0.15) is 0 Å². The quantitative estimate of drug-likeness (QED) is 0.595. The summed E-state index contributed by atoms with van der Waals surface area (Å²) < 4.78 is 0. The zero-order valence-electron chi connectivity index (χ0n) is 5.45. The van der Waals surface area contributed by atoms with Gasteiger partial charge >= 0.3 is 17.1 Å². The van der Waals surface area contributed by atoms with Crippen molar-refractivity contribution in [3.05, 3.63) is 35.9 Å². The summed E-state index contributed by atoms with van der Waals surface area (Å²) in [5.41, 5.74) is 0.220. The van der Waals surface area contributed by atoms with E-state index >= 15 is 0 Å². The molecule has 0 aliphatic rings. The van der Waals surface area contributed by atoms with Crippen LogP contribution >= 0.6 is 0 Å². The Balaban J connectivity index is 0. The van der Waals surface area contributed by atoms with Crippen LogP contribution in [0.4, 0.5) is 0 Å². The molecule has 4 heteroatoms. The number of rotatable bonds is 1. The second-order valence-corrected chi connectivity index (χ2v) is 1.65. The molecule has 11 heavy (non-hydrogen) atoms. The van der Waals surface area contributed by atoms with Crippen LogP contribution in [0.15, 0.2) is 30.3 Å². The van der Waals surface area contributed by atoms with Crippen molar-refractivity contribution in [3.8, 4) is 0 Å². The predicted molar refractivity (Wildman–Crippen MR) is 32.7 cm³/mol. The SMILES string of the molecule is O=C([O-])c1ccccc1.[Cu+2].[OH-]. The number of hydrogen-bond acceptors (Lipinski definition) is 3. The Morgan fingerprint density at radius 2 is 1.64 bits per heavy atom. The fraction of sp³-hybridized carbons (Fsp3) is 0. The molecule has 0 amide bonds. The Labute approximate surface area is 74.8 Å². The molecule has 1 rings (SSSR count). The van der Waals surface area contributed by atoms with Crippen molar-refractivity contribution >= 4 is 5.97 Å². The Morgan fingerprint density at radius 3 is 1.91 bits per heavy atom. The zero-order valence-corrected chi connectivity index (χ0v) is 6.39. The summed E-state index contributed by atoms with van der Waals surface area (Å²) in [5.74, 6) is -1.13. The van der Waals surface area contributed by atoms with E-state index in [0.717, 1.165) is 0 Å². The van der Waals surface area contributed by atoms with Crippen LogP contribution in [0.5, 0.6) is 0 Å². The molecule has 0 aliphatic carbocycles. The van der Waals surface area contributed by atoms with Gasteiger partial charge in [-0.15, -0.1) is 0 Å². The molecule has 1 aromatic rings. The molecule has 0 atom stereocenters. The Bertz CT molecular complexity index is 210. The monoisotopic (exact) mass is 201 g/mol. The van der Waals surface area contributed by atoms with Crippen LogP contribution in [0, 0.1) is 0 Å². The predicted octanol–water partition coefficient (Wildman–Crippen LogP) is -0.129. The van der Waals surface area contributed by atoms with Gasteiger partial charge in [0.15, 0.2) is 0 Å². The van der Waals surface area contributed by atoms with Crippen molar-refractivity contribution in [2.24, 2.45) is 0 Å². The molecule has 0 spiro atoms. The van der Waals surface area contributed by atoms with Crippen LogP contribution in [0.1, 0.15) is 10.4 Å². The standard InChI is InChI=1S/C7H6O2.Cu.H2O/c8-7(9)6-4-2-1-3-5-6;;/h1-5H,(H,8,9);;1H2/q;+2;/p-2. The minimum atomic E-state index is -1.13. The molecular weight excluding hydrogens is 196 g/mol. The van der Waals surface area contributed by atoms with Gasteiger partial charge < -0.3 is 15.4 Å². The van der Waals surface area contributed by atoms with E-state index in [1.54, 1.807) is 18.2 Å². The van der Waals surface area contributed by atoms with Crippen LogP contribution in [-0.4, -0.2) is 11.4 Å². The number of carbonyl (C=O) groups is 1. The molecular formula is C7H6CuO3. The number of benzene rings is 1. The van der Waals surface area contributed by atoms with E-state index in [1.165, 1.54) is 12.1 Å². The molecule has 0 saturated heterocycles. The molecule has 0 aliphatic heterocycles. The fourth-order valence-corrected chi connectivity index (χ4v) is 0.574. The minimum absolute atomic E-state index is 0. The molecule has 0 bridgehead atoms. The molecule has 0 saturated carbocycles. The van der Waals surface area contributed by atoms with E-state index in [4.69, 9.17) is 0 Å². The third-order valence-corrected chi connectivity index (χ3v) is 1.01. The summed E-state index contributed by atoms with van der Waals surface area (Å²) in [6.45, 7) is 0. The minimum Gasteiger partial charge on any atom is -0.870 e. The molecule has 0 unspecified atom stereocenters. The first-order valence-electron chi connectivity index (χ1n) is 2.57. The van der Waals surface area contributed by atoms with Crippen molar-refractivity contribution in [3.63, 3.8) is 0 Å². The zero-order chi connectivity index (χ0) is 6.69. The van der Waals surface area contributed by atoms with E-state index in [-0.39, 0.29) is 28.1 Å². The number of carboxylic acids is 1. The van der Waals surface area contributed by atoms with Crippen LogP contribution in [0.3, 0.4) is 0 Å². The van der Waals surface area contributed by atoms with Crippen molar-refractivity contribution in [1.29, 1.82) is 0 Å². The van der Waals surface area contributed by atoms with Gasteiger partial charge in [0.2, 0.25) is 0 Å². The van der Waals surface area contributed by atoms with Crippen LogP contribution in [-0.2, 0) is 17.1 Å². The van der Waals surface area contributed by atoms with E-state index < -0.39 is 5.97 Å². The maximum Gasteiger partial charge on any atom is 2.00 e. The third-order valence-electron chi connectivity index (χ3n) is 1.01. The maximum atomic E-state index is 10.1. The molecule has 1 radical (unpaired) electrons. The average molecular weight is 202 g/mol. The topological polar surface area (TPSA) is 70.1 Å². The van der Waals surface area contributed by atoms with E-state index in [1.807, 2.05) is 0 Å². The number of aromatic carboxylic acids is 1. The molecule has 1 aromatic carbocycles.